The fraction of sp³-hybridized carbons (Fsp3) is 0.312. The minimum Gasteiger partial charge on any atom is -0.445 e. The van der Waals surface area contributed by atoms with Crippen molar-refractivity contribution in [2.75, 3.05) is 12.3 Å². The van der Waals surface area contributed by atoms with Gasteiger partial charge >= 0.3 is 6.09 Å². The van der Waals surface area contributed by atoms with E-state index in [1.807, 2.05) is 6.07 Å². The average molecular weight is 353 g/mol. The van der Waals surface area contributed by atoms with Crippen LogP contribution in [0.2, 0.25) is 0 Å². The van der Waals surface area contributed by atoms with Gasteiger partial charge in [0.25, 0.3) is 0 Å². The Morgan fingerprint density at radius 1 is 1.54 bits per heavy atom. The van der Waals surface area contributed by atoms with Crippen molar-refractivity contribution in [3.63, 3.8) is 0 Å². The fourth-order valence-corrected chi connectivity index (χ4v) is 3.02. The second kappa shape index (κ2) is 6.12. The van der Waals surface area contributed by atoms with E-state index >= 15 is 0 Å². The van der Waals surface area contributed by atoms with Gasteiger partial charge in [0.1, 0.15) is 37.0 Å². The molecule has 1 unspecified atom stereocenters. The lowest BCUT2D eigenvalue weighted by molar-refractivity contribution is -0.0425. The van der Waals surface area contributed by atoms with Gasteiger partial charge < -0.3 is 15.2 Å². The molecule has 2 N–H and O–H groups in total. The van der Waals surface area contributed by atoms with Gasteiger partial charge in [0.05, 0.1) is 5.69 Å². The Morgan fingerprint density at radius 3 is 3.19 bits per heavy atom. The third-order valence-corrected chi connectivity index (χ3v) is 4.37. The third kappa shape index (κ3) is 2.64. The van der Waals surface area contributed by atoms with Gasteiger partial charge in [-0.15, -0.1) is 0 Å². The Balaban J connectivity index is 1.51. The number of carbonyl (C=O) groups excluding carboxylic acids is 1. The number of rotatable bonds is 3. The van der Waals surface area contributed by atoms with Crippen molar-refractivity contribution < 1.29 is 14.3 Å². The predicted molar refractivity (Wildman–Crippen MR) is 87.8 cm³/mol. The second-order valence-corrected chi connectivity index (χ2v) is 5.98. The highest BCUT2D eigenvalue weighted by Crippen LogP contribution is 2.40. The smallest absolute Gasteiger partial charge is 0.419 e. The lowest BCUT2D eigenvalue weighted by Crippen LogP contribution is -2.34. The highest BCUT2D eigenvalue weighted by Gasteiger charge is 2.43. The summed E-state index contributed by atoms with van der Waals surface area (Å²) in [6, 6.07) is 5.79. The van der Waals surface area contributed by atoms with E-state index in [2.05, 4.69) is 21.1 Å². The first-order valence-electron chi connectivity index (χ1n) is 7.94. The van der Waals surface area contributed by atoms with E-state index < -0.39 is 11.7 Å². The van der Waals surface area contributed by atoms with Crippen molar-refractivity contribution in [3.8, 4) is 6.07 Å². The van der Waals surface area contributed by atoms with Crippen LogP contribution in [0.1, 0.15) is 24.6 Å². The summed E-state index contributed by atoms with van der Waals surface area (Å²) in [4.78, 5) is 19.7. The summed E-state index contributed by atoms with van der Waals surface area (Å²) < 4.78 is 14.0. The van der Waals surface area contributed by atoms with Gasteiger partial charge in [-0.05, 0) is 25.0 Å². The van der Waals surface area contributed by atoms with Gasteiger partial charge in [0, 0.05) is 12.4 Å². The Hall–Kier alpha value is -3.45. The number of imidazole rings is 1. The maximum Gasteiger partial charge on any atom is 0.419 e. The molecular weight excluding hydrogens is 338 g/mol. The van der Waals surface area contributed by atoms with Gasteiger partial charge in [-0.3, -0.25) is 0 Å². The van der Waals surface area contributed by atoms with Crippen LogP contribution < -0.4 is 5.73 Å². The molecule has 3 aromatic rings. The largest absolute Gasteiger partial charge is 0.445 e. The molecular formula is C16H15N7O3. The van der Waals surface area contributed by atoms with Crippen LogP contribution in [0.5, 0.6) is 0 Å². The van der Waals surface area contributed by atoms with E-state index in [1.54, 1.807) is 10.6 Å². The van der Waals surface area contributed by atoms with Crippen LogP contribution in [-0.2, 0) is 9.47 Å². The number of nitriles is 1. The minimum atomic E-state index is -1.20. The molecule has 0 amide bonds. The Kier molecular flexibility index (Phi) is 3.78. The predicted octanol–water partition coefficient (Wildman–Crippen LogP) is 1.31. The van der Waals surface area contributed by atoms with E-state index in [0.717, 1.165) is 5.69 Å². The molecule has 0 aliphatic carbocycles. The van der Waals surface area contributed by atoms with Crippen molar-refractivity contribution in [1.82, 2.24) is 24.1 Å². The number of aromatic nitrogens is 5. The fourth-order valence-electron chi connectivity index (χ4n) is 3.02. The molecule has 1 fully saturated rings. The maximum absolute atomic E-state index is 11.9. The van der Waals surface area contributed by atoms with Crippen molar-refractivity contribution in [2.24, 2.45) is 0 Å². The average Bonchev–Trinajstić information content (AvgIpc) is 3.39. The van der Waals surface area contributed by atoms with Crippen molar-refractivity contribution in [1.29, 1.82) is 5.26 Å². The number of nitrogens with zero attached hydrogens (tertiary/aromatic N) is 6. The van der Waals surface area contributed by atoms with Gasteiger partial charge in [0.15, 0.2) is 11.4 Å². The second-order valence-electron chi connectivity index (χ2n) is 5.98. The molecule has 10 nitrogen and oxygen atoms in total. The molecule has 0 radical (unpaired) electrons. The van der Waals surface area contributed by atoms with E-state index in [-0.39, 0.29) is 12.7 Å². The van der Waals surface area contributed by atoms with Crippen LogP contribution in [0.4, 0.5) is 10.6 Å². The van der Waals surface area contributed by atoms with E-state index in [0.29, 0.717) is 24.2 Å². The first-order chi connectivity index (χ1) is 12.6. The number of hydrogen-bond acceptors (Lipinski definition) is 8. The molecule has 132 valence electrons. The van der Waals surface area contributed by atoms with Gasteiger partial charge in [-0.25, -0.2) is 23.8 Å². The van der Waals surface area contributed by atoms with E-state index in [4.69, 9.17) is 15.2 Å². The zero-order valence-electron chi connectivity index (χ0n) is 13.6. The SMILES string of the molecule is N#C[C@@]1(COC(=O)n2ccnc2)CCC(c2ccc3c(N)ncnn23)O1. The molecule has 0 spiro atoms. The number of nitrogens with two attached hydrogens (primary N) is 1. The standard InChI is InChI=1S/C16H15N7O3/c17-7-16(8-25-15(24)22-6-5-19-10-22)4-3-13(26-16)11-1-2-12-14(18)20-9-21-23(11)12/h1-2,5-6,9-10,13H,3-4,8H2,(H2,18,20,21)/t13?,16-/m1/s1. The van der Waals surface area contributed by atoms with E-state index in [1.165, 1.54) is 29.6 Å². The maximum atomic E-state index is 11.9. The topological polar surface area (TPSA) is 133 Å². The number of fused-ring (bicyclic) bond motifs is 1. The molecule has 4 rings (SSSR count). The lowest BCUT2D eigenvalue weighted by atomic mass is 10.0. The van der Waals surface area contributed by atoms with E-state index in [9.17, 15) is 10.1 Å². The number of hydrogen-bond donors (Lipinski definition) is 1. The summed E-state index contributed by atoms with van der Waals surface area (Å²) in [5.41, 5.74) is 6.08. The van der Waals surface area contributed by atoms with Crippen molar-refractivity contribution >= 4 is 17.4 Å². The van der Waals surface area contributed by atoms with Crippen LogP contribution in [0.25, 0.3) is 5.52 Å². The molecule has 0 bridgehead atoms. The summed E-state index contributed by atoms with van der Waals surface area (Å²) in [5, 5.41) is 13.8. The van der Waals surface area contributed by atoms with Gasteiger partial charge in [-0.2, -0.15) is 10.4 Å². The molecule has 0 saturated carbocycles. The monoisotopic (exact) mass is 353 g/mol. The van der Waals surface area contributed by atoms with Crippen LogP contribution in [-0.4, -0.2) is 42.5 Å². The zero-order valence-corrected chi connectivity index (χ0v) is 13.6. The Bertz CT molecular complexity index is 991. The molecule has 0 aromatic carbocycles. The van der Waals surface area contributed by atoms with Crippen LogP contribution >= 0.6 is 0 Å². The number of anilines is 1. The molecule has 26 heavy (non-hydrogen) atoms. The highest BCUT2D eigenvalue weighted by atomic mass is 16.6. The molecule has 4 heterocycles. The normalized spacial score (nSPS) is 22.3. The van der Waals surface area contributed by atoms with Crippen LogP contribution in [0, 0.1) is 11.3 Å². The number of nitrogen functional groups attached to an aromatic ring is 1. The van der Waals surface area contributed by atoms with Crippen LogP contribution in [0.15, 0.2) is 37.2 Å². The van der Waals surface area contributed by atoms with Crippen molar-refractivity contribution in [2.45, 2.75) is 24.5 Å². The first kappa shape index (κ1) is 16.0. The minimum absolute atomic E-state index is 0.169. The summed E-state index contributed by atoms with van der Waals surface area (Å²) in [5.74, 6) is 0.366. The van der Waals surface area contributed by atoms with Gasteiger partial charge in [-0.1, -0.05) is 0 Å². The molecule has 3 aromatic heterocycles. The molecule has 1 aliphatic heterocycles. The number of carbonyl (C=O) groups is 1. The summed E-state index contributed by atoms with van der Waals surface area (Å²) in [6.07, 6.45) is 5.68. The van der Waals surface area contributed by atoms with Crippen molar-refractivity contribution in [3.05, 3.63) is 42.9 Å². The summed E-state index contributed by atoms with van der Waals surface area (Å²) in [7, 11) is 0. The quantitative estimate of drug-likeness (QED) is 0.745. The molecule has 10 heteroatoms. The molecule has 1 aliphatic rings. The highest BCUT2D eigenvalue weighted by molar-refractivity contribution is 5.70. The third-order valence-electron chi connectivity index (χ3n) is 4.37. The Labute approximate surface area is 147 Å². The van der Waals surface area contributed by atoms with Crippen LogP contribution in [0.3, 0.4) is 0 Å². The zero-order chi connectivity index (χ0) is 18.1. The summed E-state index contributed by atoms with van der Waals surface area (Å²) >= 11 is 0. The first-order valence-corrected chi connectivity index (χ1v) is 7.94. The Morgan fingerprint density at radius 2 is 2.42 bits per heavy atom. The number of ether oxygens (including phenoxy) is 2. The molecule has 1 saturated heterocycles. The lowest BCUT2D eigenvalue weighted by Gasteiger charge is -2.21. The van der Waals surface area contributed by atoms with Gasteiger partial charge in [0.2, 0.25) is 0 Å². The summed E-state index contributed by atoms with van der Waals surface area (Å²) in [6.45, 7) is -0.169. The molecule has 2 atom stereocenters.